The van der Waals surface area contributed by atoms with E-state index in [1.165, 1.54) is 24.1 Å². The Hall–Kier alpha value is -3.23. The molecule has 0 atom stereocenters. The van der Waals surface area contributed by atoms with Crippen molar-refractivity contribution in [2.75, 3.05) is 6.61 Å². The van der Waals surface area contributed by atoms with Crippen LogP contribution in [-0.4, -0.2) is 36.4 Å². The van der Waals surface area contributed by atoms with E-state index >= 15 is 0 Å². The van der Waals surface area contributed by atoms with Crippen LogP contribution in [0.2, 0.25) is 0 Å². The van der Waals surface area contributed by atoms with Gasteiger partial charge in [0.2, 0.25) is 5.88 Å². The van der Waals surface area contributed by atoms with Gasteiger partial charge in [-0.3, -0.25) is 4.98 Å². The summed E-state index contributed by atoms with van der Waals surface area (Å²) in [7, 11) is 1.54. The van der Waals surface area contributed by atoms with Crippen molar-refractivity contribution < 1.29 is 9.47 Å². The average Bonchev–Trinajstić information content (AvgIpc) is 2.94. The standard InChI is InChI=1S/C15H16N6O3/c1-3-23-13-6-4-5-12(21-15(22)20(2)18-19-21)11(13)10-24-14-9-16-7-8-17-14/h4-9H,3,10H2,1-2H3. The average molecular weight is 328 g/mol. The van der Waals surface area contributed by atoms with E-state index in [0.29, 0.717) is 29.5 Å². The minimum Gasteiger partial charge on any atom is -0.493 e. The first kappa shape index (κ1) is 15.7. The van der Waals surface area contributed by atoms with Crippen molar-refractivity contribution in [3.05, 3.63) is 52.8 Å². The second kappa shape index (κ2) is 6.90. The van der Waals surface area contributed by atoms with Crippen molar-refractivity contribution in [3.8, 4) is 17.3 Å². The van der Waals surface area contributed by atoms with E-state index in [4.69, 9.17) is 9.47 Å². The van der Waals surface area contributed by atoms with Gasteiger partial charge >= 0.3 is 5.69 Å². The van der Waals surface area contributed by atoms with Gasteiger partial charge < -0.3 is 9.47 Å². The molecule has 3 aromatic rings. The number of aryl methyl sites for hydroxylation is 1. The monoisotopic (exact) mass is 328 g/mol. The normalized spacial score (nSPS) is 10.6. The molecule has 9 heteroatoms. The van der Waals surface area contributed by atoms with Crippen molar-refractivity contribution >= 4 is 0 Å². The van der Waals surface area contributed by atoms with Gasteiger partial charge in [-0.1, -0.05) is 6.07 Å². The summed E-state index contributed by atoms with van der Waals surface area (Å²) < 4.78 is 13.7. The number of hydrogen-bond donors (Lipinski definition) is 0. The number of aromatic nitrogens is 6. The highest BCUT2D eigenvalue weighted by atomic mass is 16.5. The maximum absolute atomic E-state index is 12.2. The molecule has 0 aliphatic rings. The van der Waals surface area contributed by atoms with Crippen molar-refractivity contribution in [2.45, 2.75) is 13.5 Å². The summed E-state index contributed by atoms with van der Waals surface area (Å²) in [6.07, 6.45) is 4.61. The van der Waals surface area contributed by atoms with E-state index in [2.05, 4.69) is 20.4 Å². The summed E-state index contributed by atoms with van der Waals surface area (Å²) in [5.41, 5.74) is 0.861. The quantitative estimate of drug-likeness (QED) is 0.658. The highest BCUT2D eigenvalue weighted by Gasteiger charge is 2.16. The molecule has 3 rings (SSSR count). The summed E-state index contributed by atoms with van der Waals surface area (Å²) in [5, 5.41) is 7.62. The van der Waals surface area contributed by atoms with E-state index in [1.807, 2.05) is 13.0 Å². The molecule has 0 bridgehead atoms. The molecule has 0 fully saturated rings. The van der Waals surface area contributed by atoms with Crippen LogP contribution in [0.1, 0.15) is 12.5 Å². The van der Waals surface area contributed by atoms with Crippen LogP contribution in [-0.2, 0) is 13.7 Å². The first-order valence-corrected chi connectivity index (χ1v) is 7.33. The predicted molar refractivity (Wildman–Crippen MR) is 84.1 cm³/mol. The lowest BCUT2D eigenvalue weighted by atomic mass is 10.1. The van der Waals surface area contributed by atoms with Gasteiger partial charge in [-0.2, -0.15) is 9.36 Å². The van der Waals surface area contributed by atoms with E-state index in [-0.39, 0.29) is 12.3 Å². The molecule has 2 heterocycles. The third-order valence-electron chi connectivity index (χ3n) is 3.26. The van der Waals surface area contributed by atoms with E-state index in [1.54, 1.807) is 18.3 Å². The van der Waals surface area contributed by atoms with Crippen LogP contribution < -0.4 is 15.2 Å². The Morgan fingerprint density at radius 1 is 1.17 bits per heavy atom. The van der Waals surface area contributed by atoms with Crippen LogP contribution in [0.25, 0.3) is 5.69 Å². The van der Waals surface area contributed by atoms with E-state index < -0.39 is 0 Å². The summed E-state index contributed by atoms with van der Waals surface area (Å²) >= 11 is 0. The van der Waals surface area contributed by atoms with Crippen molar-refractivity contribution in [3.63, 3.8) is 0 Å². The molecule has 0 aliphatic carbocycles. The predicted octanol–water partition coefficient (Wildman–Crippen LogP) is 0.734. The zero-order chi connectivity index (χ0) is 16.9. The molecule has 0 radical (unpaired) electrons. The first-order chi connectivity index (χ1) is 11.7. The molecule has 0 amide bonds. The molecule has 9 nitrogen and oxygen atoms in total. The topological polar surface area (TPSA) is 97.0 Å². The summed E-state index contributed by atoms with van der Waals surface area (Å²) in [6.45, 7) is 2.51. The zero-order valence-electron chi connectivity index (χ0n) is 13.3. The van der Waals surface area contributed by atoms with Crippen LogP contribution in [0.3, 0.4) is 0 Å². The lowest BCUT2D eigenvalue weighted by Gasteiger charge is -2.14. The Kier molecular flexibility index (Phi) is 4.50. The minimum absolute atomic E-state index is 0.146. The fourth-order valence-electron chi connectivity index (χ4n) is 2.16. The smallest absolute Gasteiger partial charge is 0.368 e. The fourth-order valence-corrected chi connectivity index (χ4v) is 2.16. The SMILES string of the molecule is CCOc1cccc(-n2nnn(C)c2=O)c1COc1cnccn1. The maximum atomic E-state index is 12.2. The van der Waals surface area contributed by atoms with Gasteiger partial charge in [-0.15, -0.1) is 0 Å². The van der Waals surface area contributed by atoms with Crippen LogP contribution in [0.4, 0.5) is 0 Å². The largest absolute Gasteiger partial charge is 0.493 e. The highest BCUT2D eigenvalue weighted by Crippen LogP contribution is 2.25. The number of hydrogen-bond acceptors (Lipinski definition) is 7. The molecule has 0 unspecified atom stereocenters. The second-order valence-electron chi connectivity index (χ2n) is 4.82. The molecule has 0 N–H and O–H groups in total. The highest BCUT2D eigenvalue weighted by molar-refractivity contribution is 5.49. The Balaban J connectivity index is 2.01. The van der Waals surface area contributed by atoms with Gasteiger partial charge in [0.25, 0.3) is 0 Å². The van der Waals surface area contributed by atoms with Gasteiger partial charge in [0.15, 0.2) is 0 Å². The van der Waals surface area contributed by atoms with Gasteiger partial charge in [0.1, 0.15) is 12.4 Å². The first-order valence-electron chi connectivity index (χ1n) is 7.33. The number of benzene rings is 1. The van der Waals surface area contributed by atoms with Gasteiger partial charge in [0, 0.05) is 19.4 Å². The van der Waals surface area contributed by atoms with Gasteiger partial charge in [-0.05, 0) is 29.5 Å². The number of ether oxygens (including phenoxy) is 2. The Labute approximate surface area is 137 Å². The number of tetrazole rings is 1. The third-order valence-corrected chi connectivity index (χ3v) is 3.26. The molecule has 24 heavy (non-hydrogen) atoms. The summed E-state index contributed by atoms with van der Waals surface area (Å²) in [4.78, 5) is 20.2. The van der Waals surface area contributed by atoms with Crippen LogP contribution >= 0.6 is 0 Å². The molecule has 2 aromatic heterocycles. The number of rotatable bonds is 6. The summed E-state index contributed by atoms with van der Waals surface area (Å²) in [5.74, 6) is 0.984. The van der Waals surface area contributed by atoms with E-state index in [9.17, 15) is 4.79 Å². The maximum Gasteiger partial charge on any atom is 0.368 e. The lowest BCUT2D eigenvalue weighted by molar-refractivity contribution is 0.276. The Morgan fingerprint density at radius 2 is 2.04 bits per heavy atom. The lowest BCUT2D eigenvalue weighted by Crippen LogP contribution is -2.23. The van der Waals surface area contributed by atoms with Crippen molar-refractivity contribution in [1.29, 1.82) is 0 Å². The Morgan fingerprint density at radius 3 is 2.71 bits per heavy atom. The molecule has 0 saturated carbocycles. The van der Waals surface area contributed by atoms with Crippen LogP contribution in [0, 0.1) is 0 Å². The molecule has 0 spiro atoms. The third kappa shape index (κ3) is 3.09. The van der Waals surface area contributed by atoms with Crippen molar-refractivity contribution in [1.82, 2.24) is 29.8 Å². The van der Waals surface area contributed by atoms with Crippen LogP contribution in [0.5, 0.6) is 11.6 Å². The zero-order valence-corrected chi connectivity index (χ0v) is 13.3. The second-order valence-corrected chi connectivity index (χ2v) is 4.82. The molecule has 0 aliphatic heterocycles. The van der Waals surface area contributed by atoms with E-state index in [0.717, 1.165) is 4.68 Å². The molecular formula is C15H16N6O3. The molecular weight excluding hydrogens is 312 g/mol. The fraction of sp³-hybridized carbons (Fsp3) is 0.267. The molecule has 1 aromatic carbocycles. The molecule has 0 saturated heterocycles. The Bertz CT molecular complexity index is 874. The molecule has 124 valence electrons. The minimum atomic E-state index is -0.357. The van der Waals surface area contributed by atoms with Crippen LogP contribution in [0.15, 0.2) is 41.6 Å². The van der Waals surface area contributed by atoms with Crippen molar-refractivity contribution in [2.24, 2.45) is 7.05 Å². The summed E-state index contributed by atoms with van der Waals surface area (Å²) in [6, 6.07) is 5.35. The van der Waals surface area contributed by atoms with Gasteiger partial charge in [-0.25, -0.2) is 9.78 Å². The van der Waals surface area contributed by atoms with Gasteiger partial charge in [0.05, 0.1) is 24.1 Å². The number of nitrogens with zero attached hydrogens (tertiary/aromatic N) is 6.